The van der Waals surface area contributed by atoms with Crippen LogP contribution in [-0.2, 0) is 6.54 Å². The highest BCUT2D eigenvalue weighted by molar-refractivity contribution is 7.16. The Morgan fingerprint density at radius 2 is 1.89 bits per heavy atom. The van der Waals surface area contributed by atoms with E-state index in [2.05, 4.69) is 10.6 Å². The molecule has 1 aromatic heterocycles. The van der Waals surface area contributed by atoms with Crippen LogP contribution in [0.3, 0.4) is 0 Å². The number of fused-ring (bicyclic) bond motifs is 1. The van der Waals surface area contributed by atoms with Gasteiger partial charge in [0.05, 0.1) is 15.5 Å². The van der Waals surface area contributed by atoms with Crippen LogP contribution in [0, 0.1) is 0 Å². The number of carbonyl (C=O) groups is 2. The van der Waals surface area contributed by atoms with Crippen molar-refractivity contribution in [3.8, 4) is 0 Å². The molecule has 2 aromatic rings. The predicted molar refractivity (Wildman–Crippen MR) is 74.9 cm³/mol. The van der Waals surface area contributed by atoms with Crippen molar-refractivity contribution in [3.63, 3.8) is 0 Å². The first-order valence-corrected chi connectivity index (χ1v) is 6.81. The largest absolute Gasteiger partial charge is 0.380 e. The molecule has 0 atom stereocenters. The molecule has 4 nitrogen and oxygen atoms in total. The normalized spacial score (nSPS) is 13.3. The molecule has 0 unspecified atom stereocenters. The number of hydrogen-bond donors (Lipinski definition) is 2. The summed E-state index contributed by atoms with van der Waals surface area (Å²) in [5, 5.41) is 5.47. The van der Waals surface area contributed by atoms with Gasteiger partial charge < -0.3 is 5.32 Å². The van der Waals surface area contributed by atoms with E-state index in [1.807, 2.05) is 12.1 Å². The van der Waals surface area contributed by atoms with Crippen LogP contribution in [0.25, 0.3) is 0 Å². The molecule has 1 aliphatic rings. The molecule has 0 fully saturated rings. The molecule has 0 radical (unpaired) electrons. The monoisotopic (exact) mass is 292 g/mol. The molecule has 3 rings (SSSR count). The summed E-state index contributed by atoms with van der Waals surface area (Å²) in [7, 11) is 0. The van der Waals surface area contributed by atoms with Crippen LogP contribution < -0.4 is 10.6 Å². The van der Waals surface area contributed by atoms with E-state index in [0.717, 1.165) is 14.9 Å². The minimum Gasteiger partial charge on any atom is -0.380 e. The highest BCUT2D eigenvalue weighted by Gasteiger charge is 2.26. The first kappa shape index (κ1) is 12.2. The fourth-order valence-electron chi connectivity index (χ4n) is 1.91. The minimum absolute atomic E-state index is 0.336. The van der Waals surface area contributed by atoms with Gasteiger partial charge in [-0.25, -0.2) is 0 Å². The number of anilines is 1. The van der Waals surface area contributed by atoms with Crippen molar-refractivity contribution in [3.05, 3.63) is 50.7 Å². The van der Waals surface area contributed by atoms with Gasteiger partial charge in [0.15, 0.2) is 0 Å². The van der Waals surface area contributed by atoms with Crippen LogP contribution in [0.2, 0.25) is 4.34 Å². The number of nitrogens with one attached hydrogen (secondary N) is 2. The van der Waals surface area contributed by atoms with Crippen molar-refractivity contribution in [2.75, 3.05) is 5.32 Å². The smallest absolute Gasteiger partial charge is 0.259 e. The van der Waals surface area contributed by atoms with Crippen molar-refractivity contribution < 1.29 is 9.59 Å². The lowest BCUT2D eigenvalue weighted by Crippen LogP contribution is -2.19. The Hall–Kier alpha value is -1.85. The van der Waals surface area contributed by atoms with Gasteiger partial charge in [0.25, 0.3) is 11.8 Å². The zero-order chi connectivity index (χ0) is 13.4. The average molecular weight is 293 g/mol. The van der Waals surface area contributed by atoms with Gasteiger partial charge in [-0.15, -0.1) is 11.3 Å². The quantitative estimate of drug-likeness (QED) is 0.855. The van der Waals surface area contributed by atoms with E-state index in [9.17, 15) is 9.59 Å². The van der Waals surface area contributed by atoms with Gasteiger partial charge in [-0.2, -0.15) is 0 Å². The van der Waals surface area contributed by atoms with Crippen molar-refractivity contribution >= 4 is 40.4 Å². The molecule has 19 heavy (non-hydrogen) atoms. The zero-order valence-electron chi connectivity index (χ0n) is 9.70. The SMILES string of the molecule is O=C1NC(=O)c2cc(NCc3ccc(Cl)s3)ccc21. The fraction of sp³-hybridized carbons (Fsp3) is 0.0769. The van der Waals surface area contributed by atoms with Gasteiger partial charge in [-0.05, 0) is 30.3 Å². The molecule has 2 N–H and O–H groups in total. The Kier molecular flexibility index (Phi) is 3.00. The maximum absolute atomic E-state index is 11.5. The van der Waals surface area contributed by atoms with E-state index in [1.54, 1.807) is 18.2 Å². The van der Waals surface area contributed by atoms with Crippen LogP contribution in [-0.4, -0.2) is 11.8 Å². The van der Waals surface area contributed by atoms with E-state index in [4.69, 9.17) is 11.6 Å². The molecule has 0 aliphatic carbocycles. The molecule has 0 saturated heterocycles. The summed E-state index contributed by atoms with van der Waals surface area (Å²) in [6, 6.07) is 8.91. The minimum atomic E-state index is -0.345. The highest BCUT2D eigenvalue weighted by atomic mass is 35.5. The molecular weight excluding hydrogens is 284 g/mol. The summed E-state index contributed by atoms with van der Waals surface area (Å²) < 4.78 is 0.746. The van der Waals surface area contributed by atoms with E-state index in [1.165, 1.54) is 11.3 Å². The number of amides is 2. The third kappa shape index (κ3) is 2.34. The summed E-state index contributed by atoms with van der Waals surface area (Å²) in [5.74, 6) is -0.681. The summed E-state index contributed by atoms with van der Waals surface area (Å²) >= 11 is 7.36. The summed E-state index contributed by atoms with van der Waals surface area (Å²) in [6.07, 6.45) is 0. The molecule has 1 aliphatic heterocycles. The van der Waals surface area contributed by atoms with Gasteiger partial charge in [-0.1, -0.05) is 11.6 Å². The molecule has 2 heterocycles. The Bertz CT molecular complexity index is 681. The second kappa shape index (κ2) is 4.68. The number of benzene rings is 1. The lowest BCUT2D eigenvalue weighted by Gasteiger charge is -2.05. The standard InChI is InChI=1S/C13H9ClN2O2S/c14-11-4-2-8(19-11)6-15-7-1-3-9-10(5-7)13(18)16-12(9)17/h1-5,15H,6H2,(H,16,17,18). The van der Waals surface area contributed by atoms with Gasteiger partial charge >= 0.3 is 0 Å². The second-order valence-electron chi connectivity index (χ2n) is 4.10. The molecule has 6 heteroatoms. The first-order chi connectivity index (χ1) is 9.13. The Morgan fingerprint density at radius 3 is 2.63 bits per heavy atom. The average Bonchev–Trinajstić information content (AvgIpc) is 2.92. The Morgan fingerprint density at radius 1 is 1.11 bits per heavy atom. The van der Waals surface area contributed by atoms with E-state index >= 15 is 0 Å². The summed E-state index contributed by atoms with van der Waals surface area (Å²) in [5.41, 5.74) is 1.64. The second-order valence-corrected chi connectivity index (χ2v) is 5.90. The van der Waals surface area contributed by atoms with E-state index in [0.29, 0.717) is 17.7 Å². The Balaban J connectivity index is 1.78. The van der Waals surface area contributed by atoms with E-state index in [-0.39, 0.29) is 11.8 Å². The fourth-order valence-corrected chi connectivity index (χ4v) is 2.94. The maximum Gasteiger partial charge on any atom is 0.259 e. The van der Waals surface area contributed by atoms with Crippen molar-refractivity contribution in [1.82, 2.24) is 5.32 Å². The van der Waals surface area contributed by atoms with Gasteiger partial charge in [-0.3, -0.25) is 14.9 Å². The first-order valence-electron chi connectivity index (χ1n) is 5.61. The topological polar surface area (TPSA) is 58.2 Å². The zero-order valence-corrected chi connectivity index (χ0v) is 11.3. The van der Waals surface area contributed by atoms with Crippen LogP contribution in [0.15, 0.2) is 30.3 Å². The van der Waals surface area contributed by atoms with Gasteiger partial charge in [0.2, 0.25) is 0 Å². The lowest BCUT2D eigenvalue weighted by molar-refractivity contribution is 0.0879. The summed E-state index contributed by atoms with van der Waals surface area (Å²) in [6.45, 7) is 0.631. The number of carbonyl (C=O) groups excluding carboxylic acids is 2. The van der Waals surface area contributed by atoms with Gasteiger partial charge in [0, 0.05) is 17.1 Å². The number of rotatable bonds is 3. The van der Waals surface area contributed by atoms with Gasteiger partial charge in [0.1, 0.15) is 0 Å². The third-order valence-corrected chi connectivity index (χ3v) is 4.06. The summed E-state index contributed by atoms with van der Waals surface area (Å²) in [4.78, 5) is 24.0. The highest BCUT2D eigenvalue weighted by Crippen LogP contribution is 2.24. The molecule has 1 aromatic carbocycles. The van der Waals surface area contributed by atoms with Crippen molar-refractivity contribution in [2.24, 2.45) is 0 Å². The third-order valence-electron chi connectivity index (χ3n) is 2.83. The van der Waals surface area contributed by atoms with Crippen LogP contribution in [0.1, 0.15) is 25.6 Å². The molecule has 0 spiro atoms. The van der Waals surface area contributed by atoms with Crippen LogP contribution >= 0.6 is 22.9 Å². The maximum atomic E-state index is 11.5. The number of hydrogen-bond acceptors (Lipinski definition) is 4. The molecule has 0 bridgehead atoms. The van der Waals surface area contributed by atoms with E-state index < -0.39 is 0 Å². The Labute approximate surface area is 118 Å². The molecular formula is C13H9ClN2O2S. The van der Waals surface area contributed by atoms with Crippen molar-refractivity contribution in [1.29, 1.82) is 0 Å². The van der Waals surface area contributed by atoms with Crippen LogP contribution in [0.4, 0.5) is 5.69 Å². The van der Waals surface area contributed by atoms with Crippen LogP contribution in [0.5, 0.6) is 0 Å². The molecule has 96 valence electrons. The number of thiophene rings is 1. The van der Waals surface area contributed by atoms with Crippen molar-refractivity contribution in [2.45, 2.75) is 6.54 Å². The molecule has 0 saturated carbocycles. The number of halogens is 1. The number of imide groups is 1. The lowest BCUT2D eigenvalue weighted by atomic mass is 10.1. The molecule has 2 amide bonds. The predicted octanol–water partition coefficient (Wildman–Crippen LogP) is 2.90.